The van der Waals surface area contributed by atoms with Gasteiger partial charge in [0, 0.05) is 0 Å². The molecule has 6 heteroatoms. The Balaban J connectivity index is 1.71. The lowest BCUT2D eigenvalue weighted by atomic mass is 10.1. The van der Waals surface area contributed by atoms with E-state index in [9.17, 15) is 9.59 Å². The molecular formula is C19H16N2O2S2. The van der Waals surface area contributed by atoms with Gasteiger partial charge in [-0.25, -0.2) is 0 Å². The Morgan fingerprint density at radius 2 is 1.84 bits per heavy atom. The van der Waals surface area contributed by atoms with E-state index < -0.39 is 0 Å². The van der Waals surface area contributed by atoms with E-state index in [-0.39, 0.29) is 18.2 Å². The van der Waals surface area contributed by atoms with Gasteiger partial charge in [0.1, 0.15) is 0 Å². The summed E-state index contributed by atoms with van der Waals surface area (Å²) in [6.07, 6.45) is 1.99. The lowest BCUT2D eigenvalue weighted by molar-refractivity contribution is -0.132. The van der Waals surface area contributed by atoms with Crippen molar-refractivity contribution in [3.05, 3.63) is 76.2 Å². The number of hydrogen-bond donors (Lipinski definition) is 1. The van der Waals surface area contributed by atoms with Crippen LogP contribution in [0.3, 0.4) is 0 Å². The molecular weight excluding hydrogens is 352 g/mol. The van der Waals surface area contributed by atoms with Crippen LogP contribution in [0.4, 0.5) is 0 Å². The number of amides is 2. The number of carbonyl (C=O) groups is 2. The van der Waals surface area contributed by atoms with Crippen molar-refractivity contribution in [3.8, 4) is 0 Å². The van der Waals surface area contributed by atoms with E-state index in [1.165, 1.54) is 11.8 Å². The zero-order valence-corrected chi connectivity index (χ0v) is 15.2. The van der Waals surface area contributed by atoms with E-state index in [2.05, 4.69) is 5.43 Å². The van der Waals surface area contributed by atoms with Crippen molar-refractivity contribution in [2.24, 2.45) is 0 Å². The fourth-order valence-electron chi connectivity index (χ4n) is 2.40. The van der Waals surface area contributed by atoms with Crippen LogP contribution in [-0.4, -0.2) is 21.1 Å². The summed E-state index contributed by atoms with van der Waals surface area (Å²) >= 11 is 6.43. The fourth-order valence-corrected chi connectivity index (χ4v) is 3.57. The Bertz CT molecular complexity index is 863. The van der Waals surface area contributed by atoms with Crippen molar-refractivity contribution in [1.82, 2.24) is 10.4 Å². The Hall–Kier alpha value is -2.44. The van der Waals surface area contributed by atoms with Crippen molar-refractivity contribution in [1.29, 1.82) is 0 Å². The van der Waals surface area contributed by atoms with Gasteiger partial charge in [-0.3, -0.25) is 15.0 Å². The molecule has 0 aromatic heterocycles. The average molecular weight is 368 g/mol. The zero-order chi connectivity index (χ0) is 17.8. The van der Waals surface area contributed by atoms with E-state index >= 15 is 0 Å². The Morgan fingerprint density at radius 1 is 1.16 bits per heavy atom. The molecule has 0 unspecified atom stereocenters. The van der Waals surface area contributed by atoms with Crippen LogP contribution in [0.25, 0.3) is 6.08 Å². The third-order valence-corrected chi connectivity index (χ3v) is 5.01. The van der Waals surface area contributed by atoms with E-state index in [0.29, 0.717) is 9.23 Å². The average Bonchev–Trinajstić information content (AvgIpc) is 2.85. The molecule has 0 atom stereocenters. The van der Waals surface area contributed by atoms with Gasteiger partial charge in [-0.15, -0.1) is 0 Å². The second-order valence-electron chi connectivity index (χ2n) is 5.57. The number of thioether (sulfide) groups is 1. The third kappa shape index (κ3) is 4.15. The van der Waals surface area contributed by atoms with Gasteiger partial charge < -0.3 is 0 Å². The quantitative estimate of drug-likeness (QED) is 0.663. The van der Waals surface area contributed by atoms with Crippen LogP contribution in [0.1, 0.15) is 16.7 Å². The Kier molecular flexibility index (Phi) is 5.31. The lowest BCUT2D eigenvalue weighted by Gasteiger charge is -2.15. The molecule has 0 spiro atoms. The van der Waals surface area contributed by atoms with Gasteiger partial charge in [-0.05, 0) is 41.9 Å². The first-order valence-corrected chi connectivity index (χ1v) is 8.94. The molecule has 2 aromatic rings. The van der Waals surface area contributed by atoms with Crippen LogP contribution < -0.4 is 5.43 Å². The van der Waals surface area contributed by atoms with Crippen LogP contribution >= 0.6 is 24.0 Å². The second kappa shape index (κ2) is 7.63. The number of nitrogens with zero attached hydrogens (tertiary/aromatic N) is 1. The van der Waals surface area contributed by atoms with E-state index in [0.717, 1.165) is 21.7 Å². The van der Waals surface area contributed by atoms with Crippen molar-refractivity contribution in [2.45, 2.75) is 13.3 Å². The number of carbonyl (C=O) groups excluding carboxylic acids is 2. The molecule has 0 saturated carbocycles. The Labute approximate surface area is 155 Å². The van der Waals surface area contributed by atoms with E-state index in [4.69, 9.17) is 12.2 Å². The predicted molar refractivity (Wildman–Crippen MR) is 104 cm³/mol. The summed E-state index contributed by atoms with van der Waals surface area (Å²) in [4.78, 5) is 25.2. The summed E-state index contributed by atoms with van der Waals surface area (Å²) in [5.41, 5.74) is 5.50. The minimum Gasteiger partial charge on any atom is -0.273 e. The topological polar surface area (TPSA) is 49.4 Å². The third-order valence-electron chi connectivity index (χ3n) is 3.71. The van der Waals surface area contributed by atoms with Gasteiger partial charge in [0.25, 0.3) is 5.91 Å². The first kappa shape index (κ1) is 17.4. The normalized spacial score (nSPS) is 15.7. The van der Waals surface area contributed by atoms with Crippen LogP contribution in [0.2, 0.25) is 0 Å². The lowest BCUT2D eigenvalue weighted by Crippen LogP contribution is -2.45. The summed E-state index contributed by atoms with van der Waals surface area (Å²) < 4.78 is 0.325. The number of thiocarbonyl (C=S) groups is 1. The summed E-state index contributed by atoms with van der Waals surface area (Å²) in [5.74, 6) is -0.584. The molecule has 25 heavy (non-hydrogen) atoms. The molecule has 0 bridgehead atoms. The molecule has 0 aliphatic carbocycles. The largest absolute Gasteiger partial charge is 0.285 e. The van der Waals surface area contributed by atoms with Crippen molar-refractivity contribution in [2.75, 3.05) is 0 Å². The first-order chi connectivity index (χ1) is 12.0. The molecule has 1 N–H and O–H groups in total. The molecule has 1 saturated heterocycles. The predicted octanol–water partition coefficient (Wildman–Crippen LogP) is 3.47. The molecule has 0 radical (unpaired) electrons. The number of nitrogens with one attached hydrogen (secondary N) is 1. The monoisotopic (exact) mass is 368 g/mol. The Morgan fingerprint density at radius 3 is 2.56 bits per heavy atom. The number of rotatable bonds is 4. The number of hydrazine groups is 1. The van der Waals surface area contributed by atoms with Gasteiger partial charge in [0.2, 0.25) is 5.91 Å². The molecule has 126 valence electrons. The van der Waals surface area contributed by atoms with Crippen LogP contribution in [-0.2, 0) is 16.0 Å². The van der Waals surface area contributed by atoms with Crippen LogP contribution in [0.15, 0.2) is 59.5 Å². The standard InChI is InChI=1S/C19H16N2O2S2/c1-13-7-5-6-10-15(13)12-16-18(23)21(19(24)25-16)20-17(22)11-14-8-3-2-4-9-14/h2-10,12H,11H2,1H3,(H,20,22). The molecule has 2 amide bonds. The SMILES string of the molecule is Cc1ccccc1C=C1SC(=S)N(NC(=O)Cc2ccccc2)C1=O. The minimum atomic E-state index is -0.306. The highest BCUT2D eigenvalue weighted by molar-refractivity contribution is 8.26. The summed E-state index contributed by atoms with van der Waals surface area (Å²) in [7, 11) is 0. The second-order valence-corrected chi connectivity index (χ2v) is 7.25. The number of benzene rings is 2. The van der Waals surface area contributed by atoms with Gasteiger partial charge in [0.15, 0.2) is 4.32 Å². The first-order valence-electron chi connectivity index (χ1n) is 7.71. The smallest absolute Gasteiger partial charge is 0.273 e. The van der Waals surface area contributed by atoms with Gasteiger partial charge in [0.05, 0.1) is 11.3 Å². The van der Waals surface area contributed by atoms with E-state index in [1.807, 2.05) is 61.5 Å². The molecule has 1 aliphatic rings. The molecule has 1 heterocycles. The molecule has 1 fully saturated rings. The summed E-state index contributed by atoms with van der Waals surface area (Å²) in [5, 5.41) is 1.15. The van der Waals surface area contributed by atoms with Gasteiger partial charge in [-0.1, -0.05) is 66.4 Å². The van der Waals surface area contributed by atoms with Crippen molar-refractivity contribution in [3.63, 3.8) is 0 Å². The molecule has 4 nitrogen and oxygen atoms in total. The van der Waals surface area contributed by atoms with Gasteiger partial charge in [-0.2, -0.15) is 5.01 Å². The highest BCUT2D eigenvalue weighted by atomic mass is 32.2. The maximum atomic E-state index is 12.6. The minimum absolute atomic E-state index is 0.189. The highest BCUT2D eigenvalue weighted by Gasteiger charge is 2.33. The zero-order valence-electron chi connectivity index (χ0n) is 13.6. The summed E-state index contributed by atoms with van der Waals surface area (Å²) in [6.45, 7) is 1.98. The maximum absolute atomic E-state index is 12.6. The van der Waals surface area contributed by atoms with E-state index in [1.54, 1.807) is 6.08 Å². The van der Waals surface area contributed by atoms with Crippen LogP contribution in [0.5, 0.6) is 0 Å². The van der Waals surface area contributed by atoms with Crippen molar-refractivity contribution < 1.29 is 9.59 Å². The molecule has 2 aromatic carbocycles. The van der Waals surface area contributed by atoms with Crippen molar-refractivity contribution >= 4 is 46.2 Å². The van der Waals surface area contributed by atoms with Crippen LogP contribution in [0, 0.1) is 6.92 Å². The molecule has 1 aliphatic heterocycles. The van der Waals surface area contributed by atoms with Gasteiger partial charge >= 0.3 is 0 Å². The number of hydrogen-bond acceptors (Lipinski definition) is 4. The fraction of sp³-hybridized carbons (Fsp3) is 0.105. The summed E-state index contributed by atoms with van der Waals surface area (Å²) in [6, 6.07) is 17.1. The molecule has 3 rings (SSSR count). The highest BCUT2D eigenvalue weighted by Crippen LogP contribution is 2.31. The number of aryl methyl sites for hydroxylation is 1. The maximum Gasteiger partial charge on any atom is 0.285 e.